The number of aromatic nitrogens is 2. The molecule has 0 amide bonds. The first-order valence-electron chi connectivity index (χ1n) is 12.7. The van der Waals surface area contributed by atoms with Gasteiger partial charge in [0.25, 0.3) is 0 Å². The first kappa shape index (κ1) is 26.1. The third-order valence-electron chi connectivity index (χ3n) is 7.36. The fraction of sp³-hybridized carbons (Fsp3) is 0.212. The summed E-state index contributed by atoms with van der Waals surface area (Å²) in [7, 11) is 0. The zero-order valence-corrected chi connectivity index (χ0v) is 24.1. The maximum Gasteiger partial charge on any atom is 2.00 e. The number of furan rings is 1. The van der Waals surface area contributed by atoms with Crippen LogP contribution in [0.25, 0.3) is 44.7 Å². The predicted molar refractivity (Wildman–Crippen MR) is 147 cm³/mol. The van der Waals surface area contributed by atoms with E-state index in [4.69, 9.17) is 18.8 Å². The molecule has 5 heteroatoms. The van der Waals surface area contributed by atoms with Crippen LogP contribution in [-0.4, -0.2) is 9.97 Å². The molecule has 0 N–H and O–H groups in total. The molecule has 0 bridgehead atoms. The Hall–Kier alpha value is -3.49. The Balaban J connectivity index is 0.00000294. The Morgan fingerprint density at radius 3 is 2.53 bits per heavy atom. The second-order valence-corrected chi connectivity index (χ2v) is 10.1. The SMILES string of the molecule is CCC(C)c1c[c-]c(-c2nc(C(C)(C)c3cccc(-c4[c-]cccc4)n3)co2)c2c1oc1ccccc12.[Pt+2]. The number of rotatable bonds is 6. The molecule has 3 heterocycles. The average molecular weight is 680 g/mol. The summed E-state index contributed by atoms with van der Waals surface area (Å²) in [6, 6.07) is 30.9. The van der Waals surface area contributed by atoms with E-state index in [2.05, 4.69) is 45.9 Å². The van der Waals surface area contributed by atoms with Crippen molar-refractivity contribution >= 4 is 21.9 Å². The second-order valence-electron chi connectivity index (χ2n) is 10.1. The Morgan fingerprint density at radius 1 is 0.921 bits per heavy atom. The largest absolute Gasteiger partial charge is 2.00 e. The van der Waals surface area contributed by atoms with Gasteiger partial charge in [0.2, 0.25) is 0 Å². The van der Waals surface area contributed by atoms with Crippen molar-refractivity contribution in [3.63, 3.8) is 0 Å². The molecule has 38 heavy (non-hydrogen) atoms. The Bertz CT molecular complexity index is 1720. The van der Waals surface area contributed by atoms with Gasteiger partial charge in [0.1, 0.15) is 17.7 Å². The smallest absolute Gasteiger partial charge is 0.488 e. The zero-order chi connectivity index (χ0) is 25.6. The van der Waals surface area contributed by atoms with Gasteiger partial charge in [0, 0.05) is 5.69 Å². The minimum atomic E-state index is -0.471. The van der Waals surface area contributed by atoms with Crippen molar-refractivity contribution in [2.75, 3.05) is 0 Å². The summed E-state index contributed by atoms with van der Waals surface area (Å²) >= 11 is 0. The van der Waals surface area contributed by atoms with Gasteiger partial charge in [-0.1, -0.05) is 73.0 Å². The summed E-state index contributed by atoms with van der Waals surface area (Å²) in [4.78, 5) is 9.94. The summed E-state index contributed by atoms with van der Waals surface area (Å²) in [5.41, 5.74) is 6.81. The molecule has 1 unspecified atom stereocenters. The van der Waals surface area contributed by atoms with Crippen molar-refractivity contribution in [3.8, 4) is 22.7 Å². The molecule has 0 radical (unpaired) electrons. The normalized spacial score (nSPS) is 12.5. The van der Waals surface area contributed by atoms with Crippen LogP contribution in [0.5, 0.6) is 0 Å². The topological polar surface area (TPSA) is 52.1 Å². The van der Waals surface area contributed by atoms with Gasteiger partial charge >= 0.3 is 21.1 Å². The number of nitrogens with zero attached hydrogens (tertiary/aromatic N) is 2. The van der Waals surface area contributed by atoms with E-state index in [1.54, 1.807) is 6.26 Å². The van der Waals surface area contributed by atoms with Gasteiger partial charge in [-0.15, -0.1) is 48.0 Å². The number of hydrogen-bond donors (Lipinski definition) is 0. The van der Waals surface area contributed by atoms with E-state index in [0.717, 1.165) is 62.1 Å². The van der Waals surface area contributed by atoms with E-state index in [1.807, 2.05) is 66.7 Å². The molecule has 0 saturated carbocycles. The maximum atomic E-state index is 6.36. The Morgan fingerprint density at radius 2 is 1.74 bits per heavy atom. The molecule has 3 aromatic carbocycles. The van der Waals surface area contributed by atoms with Crippen LogP contribution >= 0.6 is 0 Å². The number of benzene rings is 3. The molecule has 0 spiro atoms. The van der Waals surface area contributed by atoms with Gasteiger partial charge < -0.3 is 13.8 Å². The monoisotopic (exact) mass is 679 g/mol. The maximum absolute atomic E-state index is 6.36. The van der Waals surface area contributed by atoms with E-state index in [1.165, 1.54) is 0 Å². The summed E-state index contributed by atoms with van der Waals surface area (Å²) < 4.78 is 12.5. The molecule has 0 saturated heterocycles. The van der Waals surface area contributed by atoms with Crippen molar-refractivity contribution in [1.82, 2.24) is 9.97 Å². The van der Waals surface area contributed by atoms with Crippen LogP contribution in [0.2, 0.25) is 0 Å². The van der Waals surface area contributed by atoms with Crippen LogP contribution in [0.4, 0.5) is 0 Å². The van der Waals surface area contributed by atoms with E-state index in [0.29, 0.717) is 11.8 Å². The first-order chi connectivity index (χ1) is 18.0. The third kappa shape index (κ3) is 4.41. The van der Waals surface area contributed by atoms with Gasteiger partial charge in [0.05, 0.1) is 16.7 Å². The van der Waals surface area contributed by atoms with Crippen molar-refractivity contribution in [1.29, 1.82) is 0 Å². The van der Waals surface area contributed by atoms with E-state index >= 15 is 0 Å². The molecule has 0 aliphatic carbocycles. The van der Waals surface area contributed by atoms with Crippen LogP contribution in [0.15, 0.2) is 87.9 Å². The number of hydrogen-bond acceptors (Lipinski definition) is 4. The summed E-state index contributed by atoms with van der Waals surface area (Å²) in [5, 5.41) is 2.04. The molecule has 3 aromatic heterocycles. The van der Waals surface area contributed by atoms with Crippen molar-refractivity contribution < 1.29 is 29.9 Å². The van der Waals surface area contributed by atoms with Gasteiger partial charge in [-0.2, -0.15) is 0 Å². The van der Waals surface area contributed by atoms with Crippen LogP contribution in [0, 0.1) is 12.1 Å². The third-order valence-corrected chi connectivity index (χ3v) is 7.36. The fourth-order valence-electron chi connectivity index (χ4n) is 4.83. The fourth-order valence-corrected chi connectivity index (χ4v) is 4.83. The van der Waals surface area contributed by atoms with Crippen molar-refractivity contribution in [2.24, 2.45) is 0 Å². The molecule has 0 aliphatic heterocycles. The Kier molecular flexibility index (Phi) is 7.11. The van der Waals surface area contributed by atoms with E-state index < -0.39 is 5.41 Å². The molecule has 192 valence electrons. The molecule has 0 fully saturated rings. The van der Waals surface area contributed by atoms with Crippen molar-refractivity contribution in [2.45, 2.75) is 45.4 Å². The second kappa shape index (κ2) is 10.3. The van der Waals surface area contributed by atoms with Gasteiger partial charge in [-0.25, -0.2) is 0 Å². The van der Waals surface area contributed by atoms with Crippen LogP contribution in [0.3, 0.4) is 0 Å². The number of oxazole rings is 1. The Labute approximate surface area is 237 Å². The van der Waals surface area contributed by atoms with Gasteiger partial charge in [-0.3, -0.25) is 4.98 Å². The molecule has 6 aromatic rings. The van der Waals surface area contributed by atoms with Gasteiger partial charge in [-0.05, 0) is 37.1 Å². The zero-order valence-electron chi connectivity index (χ0n) is 21.8. The van der Waals surface area contributed by atoms with Crippen LogP contribution in [0.1, 0.15) is 57.0 Å². The van der Waals surface area contributed by atoms with Crippen LogP contribution < -0.4 is 0 Å². The molecule has 0 aliphatic rings. The summed E-state index contributed by atoms with van der Waals surface area (Å²) in [6.07, 6.45) is 2.76. The molecular formula is C33H28N2O2Pt. The van der Waals surface area contributed by atoms with Crippen LogP contribution in [-0.2, 0) is 26.5 Å². The first-order valence-corrected chi connectivity index (χ1v) is 12.7. The summed E-state index contributed by atoms with van der Waals surface area (Å²) in [6.45, 7) is 8.64. The number of fused-ring (bicyclic) bond motifs is 3. The molecule has 1 atom stereocenters. The average Bonchev–Trinajstić information content (AvgIpc) is 3.59. The van der Waals surface area contributed by atoms with Crippen molar-refractivity contribution in [3.05, 3.63) is 108 Å². The summed E-state index contributed by atoms with van der Waals surface area (Å²) in [5.74, 6) is 0.885. The predicted octanol–water partition coefficient (Wildman–Crippen LogP) is 8.74. The van der Waals surface area contributed by atoms with Gasteiger partial charge in [0.15, 0.2) is 0 Å². The molecule has 4 nitrogen and oxygen atoms in total. The van der Waals surface area contributed by atoms with E-state index in [9.17, 15) is 0 Å². The number of pyridine rings is 1. The number of para-hydroxylation sites is 1. The molecule has 6 rings (SSSR count). The minimum Gasteiger partial charge on any atom is -0.488 e. The van der Waals surface area contributed by atoms with E-state index in [-0.39, 0.29) is 21.1 Å². The quantitative estimate of drug-likeness (QED) is 0.165. The molecular weight excluding hydrogens is 651 g/mol. The minimum absolute atomic E-state index is 0. The standard InChI is InChI=1S/C33H28N2O2.Pt/c1-5-21(2)23-18-19-25(30-24-14-9-10-16-27(24)37-31(23)30)32-35-29(20-36-32)33(3,4)28-17-11-15-26(34-28)22-12-7-6-8-13-22;/h6-12,14-18,20-21H,5H2,1-4H3;/q-2;+2.